The van der Waals surface area contributed by atoms with Crippen molar-refractivity contribution >= 4 is 28.8 Å². The summed E-state index contributed by atoms with van der Waals surface area (Å²) in [4.78, 5) is 6.78. The minimum absolute atomic E-state index is 0.252. The summed E-state index contributed by atoms with van der Waals surface area (Å²) >= 11 is 1.69. The number of benzene rings is 1. The van der Waals surface area contributed by atoms with Crippen LogP contribution in [-0.4, -0.2) is 22.4 Å². The molecule has 128 valence electrons. The lowest BCUT2D eigenvalue weighted by atomic mass is 10.2. The predicted octanol–water partition coefficient (Wildman–Crippen LogP) is 4.61. The van der Waals surface area contributed by atoms with E-state index in [1.165, 1.54) is 18.7 Å². The summed E-state index contributed by atoms with van der Waals surface area (Å²) in [7, 11) is 1.47. The van der Waals surface area contributed by atoms with Gasteiger partial charge in [0.2, 0.25) is 0 Å². The molecule has 0 saturated heterocycles. The molecule has 0 amide bonds. The molecule has 0 unspecified atom stereocenters. The first-order valence-electron chi connectivity index (χ1n) is 7.97. The molecule has 1 aliphatic heterocycles. The van der Waals surface area contributed by atoms with Gasteiger partial charge in [-0.05, 0) is 49.1 Å². The number of aryl methyl sites for hydroxylation is 2. The molecule has 2 aromatic heterocycles. The Morgan fingerprint density at radius 1 is 1.20 bits per heavy atom. The van der Waals surface area contributed by atoms with Crippen LogP contribution >= 0.6 is 11.8 Å². The van der Waals surface area contributed by atoms with Crippen molar-refractivity contribution in [2.75, 3.05) is 17.9 Å². The van der Waals surface area contributed by atoms with Crippen LogP contribution < -0.4 is 9.64 Å². The molecule has 0 spiro atoms. The van der Waals surface area contributed by atoms with E-state index >= 15 is 0 Å². The van der Waals surface area contributed by atoms with E-state index in [1.807, 2.05) is 19.2 Å². The standard InChI is InChI=1S/C19H18FN3OS/c1-12-6-7-22-18(8-12)21-13(2)19(22)16-10-25-11-23(16)14-4-5-17(24-3)15(20)9-14/h4-10H,11H2,1-3H3. The Morgan fingerprint density at radius 3 is 2.80 bits per heavy atom. The molecule has 25 heavy (non-hydrogen) atoms. The Labute approximate surface area is 149 Å². The van der Waals surface area contributed by atoms with Crippen LogP contribution in [-0.2, 0) is 0 Å². The Kier molecular flexibility index (Phi) is 3.92. The van der Waals surface area contributed by atoms with Crippen molar-refractivity contribution in [3.8, 4) is 5.75 Å². The van der Waals surface area contributed by atoms with Crippen LogP contribution in [0.1, 0.15) is 17.0 Å². The molecular weight excluding hydrogens is 337 g/mol. The van der Waals surface area contributed by atoms with Gasteiger partial charge < -0.3 is 9.64 Å². The van der Waals surface area contributed by atoms with Gasteiger partial charge in [-0.2, -0.15) is 0 Å². The third-order valence-corrected chi connectivity index (χ3v) is 5.13. The summed E-state index contributed by atoms with van der Waals surface area (Å²) in [6.45, 7) is 4.06. The maximum Gasteiger partial charge on any atom is 0.167 e. The molecule has 4 nitrogen and oxygen atoms in total. The largest absolute Gasteiger partial charge is 0.494 e. The molecule has 6 heteroatoms. The number of pyridine rings is 1. The smallest absolute Gasteiger partial charge is 0.167 e. The third-order valence-electron chi connectivity index (χ3n) is 4.34. The van der Waals surface area contributed by atoms with Crippen molar-refractivity contribution in [1.82, 2.24) is 9.38 Å². The number of imidazole rings is 1. The first-order valence-corrected chi connectivity index (χ1v) is 9.02. The number of anilines is 1. The van der Waals surface area contributed by atoms with Crippen molar-refractivity contribution in [1.29, 1.82) is 0 Å². The molecule has 0 radical (unpaired) electrons. The number of rotatable bonds is 3. The van der Waals surface area contributed by atoms with E-state index < -0.39 is 0 Å². The molecule has 0 aliphatic carbocycles. The molecule has 0 saturated carbocycles. The zero-order chi connectivity index (χ0) is 17.6. The fraction of sp³-hybridized carbons (Fsp3) is 0.211. The second-order valence-electron chi connectivity index (χ2n) is 6.02. The lowest BCUT2D eigenvalue weighted by molar-refractivity contribution is 0.386. The second-order valence-corrected chi connectivity index (χ2v) is 6.85. The number of hydrogen-bond donors (Lipinski definition) is 0. The maximum atomic E-state index is 14.2. The maximum absolute atomic E-state index is 14.2. The van der Waals surface area contributed by atoms with E-state index in [1.54, 1.807) is 17.8 Å². The average Bonchev–Trinajstić information content (AvgIpc) is 3.17. The summed E-state index contributed by atoms with van der Waals surface area (Å²) < 4.78 is 21.3. The van der Waals surface area contributed by atoms with E-state index in [4.69, 9.17) is 4.74 Å². The highest BCUT2D eigenvalue weighted by atomic mass is 32.2. The number of hydrogen-bond acceptors (Lipinski definition) is 4. The number of methoxy groups -OCH3 is 1. The predicted molar refractivity (Wildman–Crippen MR) is 101 cm³/mol. The van der Waals surface area contributed by atoms with Crippen LogP contribution in [0.3, 0.4) is 0 Å². The van der Waals surface area contributed by atoms with Crippen molar-refractivity contribution in [2.24, 2.45) is 0 Å². The monoisotopic (exact) mass is 355 g/mol. The summed E-state index contributed by atoms with van der Waals surface area (Å²) in [5, 5.41) is 2.11. The van der Waals surface area contributed by atoms with E-state index in [0.717, 1.165) is 34.3 Å². The summed E-state index contributed by atoms with van der Waals surface area (Å²) in [6.07, 6.45) is 2.04. The topological polar surface area (TPSA) is 29.8 Å². The average molecular weight is 355 g/mol. The van der Waals surface area contributed by atoms with Crippen LogP contribution in [0, 0.1) is 19.7 Å². The van der Waals surface area contributed by atoms with Crippen LogP contribution in [0.25, 0.3) is 11.3 Å². The van der Waals surface area contributed by atoms with Crippen molar-refractivity contribution < 1.29 is 9.13 Å². The van der Waals surface area contributed by atoms with Gasteiger partial charge in [0.15, 0.2) is 11.6 Å². The Bertz CT molecular complexity index is 996. The number of thioether (sulfide) groups is 1. The summed E-state index contributed by atoms with van der Waals surface area (Å²) in [5.74, 6) is 0.629. The fourth-order valence-corrected chi connectivity index (χ4v) is 4.03. The SMILES string of the molecule is COc1ccc(N2CSC=C2c2c(C)nc3cc(C)ccn23)cc1F. The highest BCUT2D eigenvalue weighted by molar-refractivity contribution is 8.02. The lowest BCUT2D eigenvalue weighted by Crippen LogP contribution is -2.18. The number of aromatic nitrogens is 2. The van der Waals surface area contributed by atoms with Gasteiger partial charge in [-0.25, -0.2) is 9.37 Å². The first-order chi connectivity index (χ1) is 12.1. The molecule has 1 aliphatic rings. The van der Waals surface area contributed by atoms with Crippen molar-refractivity contribution in [3.05, 3.63) is 64.7 Å². The van der Waals surface area contributed by atoms with Gasteiger partial charge in [0.1, 0.15) is 5.65 Å². The number of fused-ring (bicyclic) bond motifs is 1. The van der Waals surface area contributed by atoms with Gasteiger partial charge in [-0.1, -0.05) is 0 Å². The Hall–Kier alpha value is -2.47. The first kappa shape index (κ1) is 16.0. The van der Waals surface area contributed by atoms with Crippen molar-refractivity contribution in [2.45, 2.75) is 13.8 Å². The molecule has 0 atom stereocenters. The Morgan fingerprint density at radius 2 is 2.04 bits per heavy atom. The van der Waals surface area contributed by atoms with Gasteiger partial charge in [-0.3, -0.25) is 4.40 Å². The second kappa shape index (κ2) is 6.11. The van der Waals surface area contributed by atoms with Crippen molar-refractivity contribution in [3.63, 3.8) is 0 Å². The number of nitrogens with zero attached hydrogens (tertiary/aromatic N) is 3. The van der Waals surface area contributed by atoms with E-state index in [9.17, 15) is 4.39 Å². The molecule has 1 aromatic carbocycles. The molecular formula is C19H18FN3OS. The zero-order valence-corrected chi connectivity index (χ0v) is 15.1. The molecule has 0 bridgehead atoms. The molecule has 3 aromatic rings. The van der Waals surface area contributed by atoms with Gasteiger partial charge in [0, 0.05) is 18.0 Å². The van der Waals surface area contributed by atoms with E-state index in [-0.39, 0.29) is 11.6 Å². The zero-order valence-electron chi connectivity index (χ0n) is 14.3. The number of ether oxygens (including phenoxy) is 1. The fourth-order valence-electron chi connectivity index (χ4n) is 3.12. The lowest BCUT2D eigenvalue weighted by Gasteiger charge is -2.22. The third kappa shape index (κ3) is 2.66. The van der Waals surface area contributed by atoms with Crippen LogP contribution in [0.4, 0.5) is 10.1 Å². The molecule has 4 rings (SSSR count). The molecule has 3 heterocycles. The van der Waals surface area contributed by atoms with Gasteiger partial charge >= 0.3 is 0 Å². The normalized spacial score (nSPS) is 14.2. The molecule has 0 N–H and O–H groups in total. The summed E-state index contributed by atoms with van der Waals surface area (Å²) in [5.41, 5.74) is 5.92. The highest BCUT2D eigenvalue weighted by Crippen LogP contribution is 2.38. The van der Waals surface area contributed by atoms with Crippen LogP contribution in [0.15, 0.2) is 41.9 Å². The number of halogens is 1. The summed E-state index contributed by atoms with van der Waals surface area (Å²) in [6, 6.07) is 9.19. The Balaban J connectivity index is 1.80. The van der Waals surface area contributed by atoms with Gasteiger partial charge in [-0.15, -0.1) is 11.8 Å². The van der Waals surface area contributed by atoms with Gasteiger partial charge in [0.25, 0.3) is 0 Å². The van der Waals surface area contributed by atoms with E-state index in [0.29, 0.717) is 0 Å². The minimum Gasteiger partial charge on any atom is -0.494 e. The minimum atomic E-state index is -0.360. The quantitative estimate of drug-likeness (QED) is 0.686. The van der Waals surface area contributed by atoms with Crippen LogP contribution in [0.5, 0.6) is 5.75 Å². The highest BCUT2D eigenvalue weighted by Gasteiger charge is 2.24. The molecule has 0 fully saturated rings. The van der Waals surface area contributed by atoms with Crippen LogP contribution in [0.2, 0.25) is 0 Å². The van der Waals surface area contributed by atoms with Gasteiger partial charge in [0.05, 0.1) is 30.1 Å². The van der Waals surface area contributed by atoms with E-state index in [2.05, 4.69) is 38.7 Å².